The minimum Gasteiger partial charge on any atom is -0.512 e. The summed E-state index contributed by atoms with van der Waals surface area (Å²) in [5.41, 5.74) is 2.21. The lowest BCUT2D eigenvalue weighted by Gasteiger charge is -2.16. The van der Waals surface area contributed by atoms with Crippen LogP contribution in [0.4, 0.5) is 5.69 Å². The number of ether oxygens (including phenoxy) is 1. The first-order valence-electron chi connectivity index (χ1n) is 9.95. The maximum atomic E-state index is 12.2. The molecule has 1 spiro atoms. The van der Waals surface area contributed by atoms with Crippen molar-refractivity contribution in [2.75, 3.05) is 11.9 Å². The van der Waals surface area contributed by atoms with E-state index in [2.05, 4.69) is 5.32 Å². The summed E-state index contributed by atoms with van der Waals surface area (Å²) in [6.45, 7) is 0.00980. The van der Waals surface area contributed by atoms with Crippen molar-refractivity contribution in [2.24, 2.45) is 5.92 Å². The Hall–Kier alpha value is -2.50. The van der Waals surface area contributed by atoms with Gasteiger partial charge >= 0.3 is 0 Å². The summed E-state index contributed by atoms with van der Waals surface area (Å²) < 4.78 is 5.99. The van der Waals surface area contributed by atoms with E-state index in [0.717, 1.165) is 36.9 Å². The Kier molecular flexibility index (Phi) is 4.56. The molecule has 2 aromatic carbocycles. The van der Waals surface area contributed by atoms with Crippen molar-refractivity contribution < 1.29 is 14.6 Å². The summed E-state index contributed by atoms with van der Waals surface area (Å²) in [4.78, 5) is 12.2. The normalized spacial score (nSPS) is 19.2. The number of benzene rings is 2. The van der Waals surface area contributed by atoms with Gasteiger partial charge in [-0.05, 0) is 61.6 Å². The van der Waals surface area contributed by atoms with E-state index in [1.807, 2.05) is 12.1 Å². The molecule has 1 heterocycles. The van der Waals surface area contributed by atoms with Crippen molar-refractivity contribution in [3.63, 3.8) is 0 Å². The lowest BCUT2D eigenvalue weighted by molar-refractivity contribution is -0.117. The first kappa shape index (κ1) is 19.5. The Morgan fingerprint density at radius 1 is 1.20 bits per heavy atom. The SMILES string of the molecule is N=C(/C(COc1ccc2c(c1)C1(CC1)C(=O)N2)=C(\O)C1CC1)c1c(Cl)cccc1Cl. The van der Waals surface area contributed by atoms with Gasteiger partial charge in [-0.15, -0.1) is 0 Å². The third kappa shape index (κ3) is 3.17. The molecule has 3 N–H and O–H groups in total. The quantitative estimate of drug-likeness (QED) is 0.399. The van der Waals surface area contributed by atoms with Gasteiger partial charge in [-0.2, -0.15) is 0 Å². The molecule has 3 aliphatic rings. The standard InChI is InChI=1S/C23H20Cl2N2O3/c24-16-2-1-3-17(25)19(16)20(26)14(21(28)12-4-5-12)11-30-13-6-7-18-15(10-13)23(8-9-23)22(29)27-18/h1-3,6-7,10,12,26,28H,4-5,8-9,11H2,(H,27,29)/b21-14-,26-20?. The van der Waals surface area contributed by atoms with Crippen LogP contribution in [-0.4, -0.2) is 23.3 Å². The van der Waals surface area contributed by atoms with Gasteiger partial charge in [-0.25, -0.2) is 0 Å². The van der Waals surface area contributed by atoms with Crippen molar-refractivity contribution >= 4 is 40.5 Å². The molecule has 0 bridgehead atoms. The number of hydrogen-bond acceptors (Lipinski definition) is 4. The van der Waals surface area contributed by atoms with Crippen molar-refractivity contribution in [1.82, 2.24) is 0 Å². The van der Waals surface area contributed by atoms with Crippen LogP contribution in [0.1, 0.15) is 36.8 Å². The second kappa shape index (κ2) is 7.03. The maximum Gasteiger partial charge on any atom is 0.235 e. The van der Waals surface area contributed by atoms with Crippen LogP contribution in [0.2, 0.25) is 10.0 Å². The van der Waals surface area contributed by atoms with Crippen LogP contribution in [0.3, 0.4) is 0 Å². The van der Waals surface area contributed by atoms with Crippen LogP contribution in [0.15, 0.2) is 47.7 Å². The molecule has 0 unspecified atom stereocenters. The number of aliphatic hydroxyl groups excluding tert-OH is 1. The monoisotopic (exact) mass is 442 g/mol. The molecule has 2 aromatic rings. The van der Waals surface area contributed by atoms with Gasteiger partial charge in [0.1, 0.15) is 18.1 Å². The molecule has 30 heavy (non-hydrogen) atoms. The largest absolute Gasteiger partial charge is 0.512 e. The van der Waals surface area contributed by atoms with Gasteiger partial charge in [0.15, 0.2) is 0 Å². The highest BCUT2D eigenvalue weighted by Gasteiger charge is 2.56. The predicted octanol–water partition coefficient (Wildman–Crippen LogP) is 5.65. The highest BCUT2D eigenvalue weighted by molar-refractivity contribution is 6.41. The number of rotatable bonds is 6. The molecule has 5 nitrogen and oxygen atoms in total. The van der Waals surface area contributed by atoms with Crippen LogP contribution in [-0.2, 0) is 10.2 Å². The molecule has 1 amide bonds. The van der Waals surface area contributed by atoms with Gasteiger partial charge in [-0.1, -0.05) is 29.3 Å². The lowest BCUT2D eigenvalue weighted by Crippen LogP contribution is -2.18. The number of nitrogens with one attached hydrogen (secondary N) is 2. The van der Waals surface area contributed by atoms with Gasteiger partial charge in [0.2, 0.25) is 5.91 Å². The van der Waals surface area contributed by atoms with Crippen molar-refractivity contribution in [3.05, 3.63) is 68.9 Å². The summed E-state index contributed by atoms with van der Waals surface area (Å²) >= 11 is 12.6. The number of carbonyl (C=O) groups is 1. The number of carbonyl (C=O) groups excluding carboxylic acids is 1. The number of aliphatic hydroxyl groups is 1. The molecular weight excluding hydrogens is 423 g/mol. The van der Waals surface area contributed by atoms with Gasteiger partial charge in [-0.3, -0.25) is 10.2 Å². The van der Waals surface area contributed by atoms with Gasteiger partial charge < -0.3 is 15.2 Å². The third-order valence-corrected chi connectivity index (χ3v) is 6.74. The molecule has 1 aliphatic heterocycles. The number of hydrogen-bond donors (Lipinski definition) is 3. The zero-order valence-corrected chi connectivity index (χ0v) is 17.6. The van der Waals surface area contributed by atoms with E-state index in [0.29, 0.717) is 26.9 Å². The average Bonchev–Trinajstić information content (AvgIpc) is 3.61. The molecule has 7 heteroatoms. The van der Waals surface area contributed by atoms with E-state index in [9.17, 15) is 9.90 Å². The highest BCUT2D eigenvalue weighted by Crippen LogP contribution is 2.55. The topological polar surface area (TPSA) is 82.4 Å². The Labute approximate surface area is 184 Å². The molecule has 0 aromatic heterocycles. The average molecular weight is 443 g/mol. The molecule has 0 radical (unpaired) electrons. The molecule has 5 rings (SSSR count). The van der Waals surface area contributed by atoms with E-state index in [4.69, 9.17) is 33.3 Å². The first-order chi connectivity index (χ1) is 14.4. The summed E-state index contributed by atoms with van der Waals surface area (Å²) in [5.74, 6) is 0.849. The van der Waals surface area contributed by atoms with Crippen LogP contribution >= 0.6 is 23.2 Å². The highest BCUT2D eigenvalue weighted by atomic mass is 35.5. The number of amides is 1. The van der Waals surface area contributed by atoms with Crippen LogP contribution in [0, 0.1) is 11.3 Å². The van der Waals surface area contributed by atoms with Crippen molar-refractivity contribution in [1.29, 1.82) is 5.41 Å². The van der Waals surface area contributed by atoms with Gasteiger partial charge in [0.05, 0.1) is 26.7 Å². The van der Waals surface area contributed by atoms with Gasteiger partial charge in [0, 0.05) is 17.2 Å². The Morgan fingerprint density at radius 3 is 2.53 bits per heavy atom. The second-order valence-corrected chi connectivity index (χ2v) is 8.96. The minimum absolute atomic E-state index is 0.00980. The molecule has 2 aliphatic carbocycles. The van der Waals surface area contributed by atoms with Crippen LogP contribution < -0.4 is 10.1 Å². The number of halogens is 2. The van der Waals surface area contributed by atoms with Crippen LogP contribution in [0.25, 0.3) is 0 Å². The predicted molar refractivity (Wildman–Crippen MR) is 117 cm³/mol. The minimum atomic E-state index is -0.401. The second-order valence-electron chi connectivity index (χ2n) is 8.14. The van der Waals surface area contributed by atoms with Crippen molar-refractivity contribution in [2.45, 2.75) is 31.1 Å². The smallest absolute Gasteiger partial charge is 0.235 e. The van der Waals surface area contributed by atoms with Crippen molar-refractivity contribution in [3.8, 4) is 5.75 Å². The van der Waals surface area contributed by atoms with E-state index in [-0.39, 0.29) is 29.9 Å². The Bertz CT molecular complexity index is 1100. The van der Waals surface area contributed by atoms with E-state index in [1.54, 1.807) is 24.3 Å². The summed E-state index contributed by atoms with van der Waals surface area (Å²) in [7, 11) is 0. The molecule has 0 saturated heterocycles. The van der Waals surface area contributed by atoms with E-state index >= 15 is 0 Å². The first-order valence-corrected chi connectivity index (χ1v) is 10.7. The Morgan fingerprint density at radius 2 is 1.90 bits per heavy atom. The number of fused-ring (bicyclic) bond motifs is 2. The lowest BCUT2D eigenvalue weighted by atomic mass is 9.97. The molecule has 154 valence electrons. The summed E-state index contributed by atoms with van der Waals surface area (Å²) in [5, 5.41) is 23.1. The molecule has 2 saturated carbocycles. The van der Waals surface area contributed by atoms with Gasteiger partial charge in [0.25, 0.3) is 0 Å². The molecule has 0 atom stereocenters. The summed E-state index contributed by atoms with van der Waals surface area (Å²) in [6.07, 6.45) is 3.46. The molecular formula is C23H20Cl2N2O3. The number of anilines is 1. The summed E-state index contributed by atoms with van der Waals surface area (Å²) in [6, 6.07) is 10.6. The fraction of sp³-hybridized carbons (Fsp3) is 0.304. The third-order valence-electron chi connectivity index (χ3n) is 6.11. The Balaban J connectivity index is 1.43. The number of allylic oxidation sites excluding steroid dienone is 1. The molecule has 2 fully saturated rings. The fourth-order valence-corrected chi connectivity index (χ4v) is 4.61. The maximum absolute atomic E-state index is 12.2. The van der Waals surface area contributed by atoms with E-state index < -0.39 is 5.41 Å². The fourth-order valence-electron chi connectivity index (χ4n) is 4.02. The zero-order chi connectivity index (χ0) is 21.0. The zero-order valence-electron chi connectivity index (χ0n) is 16.1. The van der Waals surface area contributed by atoms with Crippen LogP contribution in [0.5, 0.6) is 5.75 Å². The van der Waals surface area contributed by atoms with E-state index in [1.165, 1.54) is 0 Å².